The Hall–Kier alpha value is -3.49. The zero-order valence-electron chi connectivity index (χ0n) is 35.3. The normalized spacial score (nSPS) is 13.8. The van der Waals surface area contributed by atoms with Crippen LogP contribution in [-0.2, 0) is 28.6 Å². The Balaban J connectivity index is 4.37. The van der Waals surface area contributed by atoms with Crippen molar-refractivity contribution in [2.75, 3.05) is 41.0 Å². The first-order chi connectivity index (χ1) is 26.6. The van der Waals surface area contributed by atoms with Crippen LogP contribution < -0.4 is 0 Å². The first-order valence-electron chi connectivity index (χ1n) is 21.1. The van der Waals surface area contributed by atoms with E-state index in [2.05, 4.69) is 92.8 Å². The van der Waals surface area contributed by atoms with Crippen LogP contribution in [0.2, 0.25) is 0 Å². The van der Waals surface area contributed by atoms with Gasteiger partial charge >= 0.3 is 17.9 Å². The number of hydrogen-bond donors (Lipinski definition) is 1. The minimum atomic E-state index is -0.889. The molecule has 55 heavy (non-hydrogen) atoms. The number of unbranched alkanes of at least 4 members (excludes halogenated alkanes) is 8. The van der Waals surface area contributed by atoms with Crippen LogP contribution in [0, 0.1) is 0 Å². The topological polar surface area (TPSA) is 99.1 Å². The molecule has 0 aromatic rings. The van der Waals surface area contributed by atoms with Gasteiger partial charge in [-0.15, -0.1) is 0 Å². The average Bonchev–Trinajstić information content (AvgIpc) is 3.14. The number of allylic oxidation sites excluding steroid dienone is 14. The van der Waals surface area contributed by atoms with E-state index in [1.54, 1.807) is 0 Å². The van der Waals surface area contributed by atoms with Gasteiger partial charge in [0, 0.05) is 19.3 Å². The highest BCUT2D eigenvalue weighted by atomic mass is 16.6. The third kappa shape index (κ3) is 35.9. The second kappa shape index (κ2) is 37.4. The molecular weight excluding hydrogens is 691 g/mol. The molecular formula is C47H78NO7+. The van der Waals surface area contributed by atoms with Gasteiger partial charge < -0.3 is 23.8 Å². The maximum absolute atomic E-state index is 12.7. The molecule has 0 aromatic heterocycles. The fourth-order valence-electron chi connectivity index (χ4n) is 5.52. The number of aliphatic carboxylic acids is 1. The third-order valence-electron chi connectivity index (χ3n) is 8.79. The number of rotatable bonds is 36. The van der Waals surface area contributed by atoms with Crippen molar-refractivity contribution in [3.05, 3.63) is 85.1 Å². The fraction of sp³-hybridized carbons (Fsp3) is 0.638. The molecule has 0 heterocycles. The highest BCUT2D eigenvalue weighted by molar-refractivity contribution is 5.72. The molecule has 0 bridgehead atoms. The molecule has 0 rings (SSSR count). The van der Waals surface area contributed by atoms with Crippen molar-refractivity contribution in [2.45, 2.75) is 154 Å². The van der Waals surface area contributed by atoms with E-state index >= 15 is 0 Å². The lowest BCUT2D eigenvalue weighted by Crippen LogP contribution is -2.50. The molecule has 0 aliphatic rings. The number of likely N-dealkylation sites (N-methyl/N-ethyl adjacent to an activating group) is 1. The summed E-state index contributed by atoms with van der Waals surface area (Å²) in [6.07, 6.45) is 48.0. The smallest absolute Gasteiger partial charge is 0.362 e. The summed E-state index contributed by atoms with van der Waals surface area (Å²) in [4.78, 5) is 36.8. The molecule has 2 unspecified atom stereocenters. The van der Waals surface area contributed by atoms with Crippen LogP contribution in [0.5, 0.6) is 0 Å². The van der Waals surface area contributed by atoms with Gasteiger partial charge in [-0.2, -0.15) is 0 Å². The van der Waals surface area contributed by atoms with Gasteiger partial charge in [-0.3, -0.25) is 9.59 Å². The third-order valence-corrected chi connectivity index (χ3v) is 8.79. The molecule has 0 radical (unpaired) electrons. The van der Waals surface area contributed by atoms with Gasteiger partial charge in [0.2, 0.25) is 0 Å². The highest BCUT2D eigenvalue weighted by Gasteiger charge is 2.31. The molecule has 0 aliphatic heterocycles. The van der Waals surface area contributed by atoms with Gasteiger partial charge in [0.05, 0.1) is 34.4 Å². The zero-order valence-corrected chi connectivity index (χ0v) is 35.3. The van der Waals surface area contributed by atoms with E-state index in [1.807, 2.05) is 27.2 Å². The Kier molecular flexibility index (Phi) is 35.1. The number of carboxylic acids is 1. The highest BCUT2D eigenvalue weighted by Crippen LogP contribution is 2.11. The number of nitrogens with zero attached hydrogens (tertiary/aromatic N) is 1. The fourth-order valence-corrected chi connectivity index (χ4v) is 5.52. The standard InChI is InChI=1S/C47H77NO7/c1-6-8-10-12-14-16-17-18-19-20-21-22-23-24-25-26-27-28-29-30-32-34-36-38-46(50)55-43(41-53-40-39-44(47(51)52)48(3,4)5)42-54-45(49)37-35-33-31-15-13-11-9-7-2/h8,10,14,16,18-19,21-22,24-25,27-28,31,33,43-44H,6-7,9,11-13,15,17,20,23,26,29-30,32,34-42H2,1-5H3/p+1/b10-8+,16-14+,19-18+,22-21+,25-24+,28-27+,33-31+. The molecule has 8 heteroatoms. The maximum atomic E-state index is 12.7. The minimum Gasteiger partial charge on any atom is -0.477 e. The monoisotopic (exact) mass is 769 g/mol. The van der Waals surface area contributed by atoms with Gasteiger partial charge in [0.1, 0.15) is 6.61 Å². The molecule has 0 aliphatic carbocycles. The predicted molar refractivity (Wildman–Crippen MR) is 229 cm³/mol. The van der Waals surface area contributed by atoms with Crippen molar-refractivity contribution in [2.24, 2.45) is 0 Å². The Bertz CT molecular complexity index is 1170. The van der Waals surface area contributed by atoms with Crippen molar-refractivity contribution in [1.29, 1.82) is 0 Å². The lowest BCUT2D eigenvalue weighted by Gasteiger charge is -2.31. The van der Waals surface area contributed by atoms with Crippen molar-refractivity contribution < 1.29 is 38.2 Å². The average molecular weight is 769 g/mol. The first-order valence-corrected chi connectivity index (χ1v) is 21.1. The lowest BCUT2D eigenvalue weighted by atomic mass is 10.1. The molecule has 1 N–H and O–H groups in total. The van der Waals surface area contributed by atoms with Crippen LogP contribution in [0.25, 0.3) is 0 Å². The van der Waals surface area contributed by atoms with Crippen LogP contribution >= 0.6 is 0 Å². The Morgan fingerprint density at radius 2 is 1.05 bits per heavy atom. The Labute approximate surface area is 335 Å². The SMILES string of the molecule is CC/C=C/C/C=C/C/C=C/C/C=C/C/C=C/C/C=C/CCCCCCC(=O)OC(COCCC(C(=O)O)[N+](C)(C)C)COC(=O)CC/C=C/CCCCCC. The molecule has 0 amide bonds. The van der Waals surface area contributed by atoms with Crippen LogP contribution in [0.3, 0.4) is 0 Å². The molecule has 0 saturated heterocycles. The molecule has 2 atom stereocenters. The van der Waals surface area contributed by atoms with E-state index in [9.17, 15) is 19.5 Å². The molecule has 0 spiro atoms. The van der Waals surface area contributed by atoms with Crippen molar-refractivity contribution >= 4 is 17.9 Å². The number of carboxylic acid groups (broad SMARTS) is 1. The van der Waals surface area contributed by atoms with Crippen LogP contribution in [0.4, 0.5) is 0 Å². The van der Waals surface area contributed by atoms with E-state index in [-0.39, 0.29) is 49.1 Å². The molecule has 0 saturated carbocycles. The molecule has 8 nitrogen and oxygen atoms in total. The summed E-state index contributed by atoms with van der Waals surface area (Å²) in [5.41, 5.74) is 0. The number of carbonyl (C=O) groups is 3. The van der Waals surface area contributed by atoms with Gasteiger partial charge in [-0.1, -0.05) is 131 Å². The zero-order chi connectivity index (χ0) is 40.7. The summed E-state index contributed by atoms with van der Waals surface area (Å²) in [5.74, 6) is -1.58. The number of quaternary nitrogens is 1. The van der Waals surface area contributed by atoms with Gasteiger partial charge in [0.25, 0.3) is 0 Å². The second-order valence-electron chi connectivity index (χ2n) is 14.9. The number of esters is 2. The summed E-state index contributed by atoms with van der Waals surface area (Å²) < 4.78 is 17.1. The van der Waals surface area contributed by atoms with E-state index in [4.69, 9.17) is 14.2 Å². The summed E-state index contributed by atoms with van der Waals surface area (Å²) in [7, 11) is 5.49. The number of carbonyl (C=O) groups excluding carboxylic acids is 2. The van der Waals surface area contributed by atoms with Gasteiger partial charge in [-0.25, -0.2) is 4.79 Å². The first kappa shape index (κ1) is 51.5. The second-order valence-corrected chi connectivity index (χ2v) is 14.9. The summed E-state index contributed by atoms with van der Waals surface area (Å²) in [6.45, 7) is 4.48. The van der Waals surface area contributed by atoms with E-state index < -0.39 is 18.1 Å². The number of hydrogen-bond acceptors (Lipinski definition) is 6. The predicted octanol–water partition coefficient (Wildman–Crippen LogP) is 11.4. The van der Waals surface area contributed by atoms with Crippen LogP contribution in [0.1, 0.15) is 142 Å². The van der Waals surface area contributed by atoms with Crippen LogP contribution in [0.15, 0.2) is 85.1 Å². The quantitative estimate of drug-likeness (QED) is 0.0293. The van der Waals surface area contributed by atoms with Gasteiger partial charge in [0.15, 0.2) is 12.1 Å². The summed E-state index contributed by atoms with van der Waals surface area (Å²) in [5, 5.41) is 9.59. The maximum Gasteiger partial charge on any atom is 0.362 e. The van der Waals surface area contributed by atoms with Crippen molar-refractivity contribution in [3.8, 4) is 0 Å². The van der Waals surface area contributed by atoms with Crippen molar-refractivity contribution in [3.63, 3.8) is 0 Å². The lowest BCUT2D eigenvalue weighted by molar-refractivity contribution is -0.887. The molecule has 0 aromatic carbocycles. The molecule has 0 fully saturated rings. The van der Waals surface area contributed by atoms with Crippen LogP contribution in [-0.4, -0.2) is 80.6 Å². The van der Waals surface area contributed by atoms with Gasteiger partial charge in [-0.05, 0) is 77.0 Å². The Morgan fingerprint density at radius 1 is 0.564 bits per heavy atom. The Morgan fingerprint density at radius 3 is 1.58 bits per heavy atom. The summed E-state index contributed by atoms with van der Waals surface area (Å²) >= 11 is 0. The van der Waals surface area contributed by atoms with E-state index in [0.717, 1.165) is 83.5 Å². The number of ether oxygens (including phenoxy) is 3. The largest absolute Gasteiger partial charge is 0.477 e. The van der Waals surface area contributed by atoms with E-state index in [1.165, 1.54) is 19.3 Å². The summed E-state index contributed by atoms with van der Waals surface area (Å²) in [6, 6.07) is -0.627. The van der Waals surface area contributed by atoms with E-state index in [0.29, 0.717) is 12.8 Å². The minimum absolute atomic E-state index is 0.0339. The van der Waals surface area contributed by atoms with Crippen molar-refractivity contribution in [1.82, 2.24) is 0 Å². The molecule has 312 valence electrons.